The molecular weight excluding hydrogens is 609 g/mol. The van der Waals surface area contributed by atoms with E-state index in [9.17, 15) is 4.79 Å². The molecule has 0 saturated carbocycles. The summed E-state index contributed by atoms with van der Waals surface area (Å²) in [6.45, 7) is 6.87. The highest BCUT2D eigenvalue weighted by molar-refractivity contribution is 14.1. The molecule has 0 aliphatic heterocycles. The molecule has 2 heterocycles. The number of halogens is 1. The van der Waals surface area contributed by atoms with Gasteiger partial charge in [-0.1, -0.05) is 39.0 Å². The lowest BCUT2D eigenvalue weighted by atomic mass is 9.99. The van der Waals surface area contributed by atoms with Crippen LogP contribution in [0, 0.1) is 8.99 Å². The lowest BCUT2D eigenvalue weighted by molar-refractivity contribution is 0.190. The minimum Gasteiger partial charge on any atom is -0.496 e. The Morgan fingerprint density at radius 3 is 2.51 bits per heavy atom. The van der Waals surface area contributed by atoms with Crippen LogP contribution in [0.1, 0.15) is 26.3 Å². The van der Waals surface area contributed by atoms with Crippen molar-refractivity contribution < 1.29 is 18.6 Å². The summed E-state index contributed by atoms with van der Waals surface area (Å²) in [6.07, 6.45) is 1.60. The number of para-hydroxylation sites is 1. The van der Waals surface area contributed by atoms with Gasteiger partial charge in [0.1, 0.15) is 11.3 Å². The normalized spacial score (nSPS) is 11.9. The molecule has 0 aliphatic carbocycles. The van der Waals surface area contributed by atoms with Crippen LogP contribution in [0.5, 0.6) is 17.2 Å². The number of rotatable bonds is 7. The molecule has 8 nitrogen and oxygen atoms in total. The van der Waals surface area contributed by atoms with E-state index < -0.39 is 0 Å². The zero-order valence-corrected chi connectivity index (χ0v) is 24.5. The molecule has 0 aliphatic rings. The van der Waals surface area contributed by atoms with Crippen molar-refractivity contribution in [3.8, 4) is 28.8 Å². The molecule has 0 fully saturated rings. The standard InChI is InChI=1S/C30H28IN3O5/c1-30(2,3)17-38-27-21(31)13-18(14-25(27)37-5)16-32-34-28(33-22-10-7-6-9-19(22)29(34)35)26-15-20-23(36-4)11-8-12-24(20)39-26/h6-16H,17H2,1-5H3. The van der Waals surface area contributed by atoms with Crippen molar-refractivity contribution in [2.75, 3.05) is 20.8 Å². The van der Waals surface area contributed by atoms with Gasteiger partial charge >= 0.3 is 0 Å². The third-order valence-corrected chi connectivity index (χ3v) is 6.74. The van der Waals surface area contributed by atoms with Crippen LogP contribution < -0.4 is 19.8 Å². The third-order valence-electron chi connectivity index (χ3n) is 5.94. The molecule has 39 heavy (non-hydrogen) atoms. The Morgan fingerprint density at radius 1 is 1.00 bits per heavy atom. The van der Waals surface area contributed by atoms with Crippen LogP contribution in [-0.4, -0.2) is 36.7 Å². The second kappa shape index (κ2) is 10.7. The molecule has 200 valence electrons. The van der Waals surface area contributed by atoms with Gasteiger partial charge in [-0.2, -0.15) is 9.78 Å². The van der Waals surface area contributed by atoms with Crippen LogP contribution in [-0.2, 0) is 0 Å². The maximum atomic E-state index is 13.6. The van der Waals surface area contributed by atoms with Crippen LogP contribution in [0.4, 0.5) is 0 Å². The number of fused-ring (bicyclic) bond motifs is 2. The molecule has 0 unspecified atom stereocenters. The van der Waals surface area contributed by atoms with Crippen LogP contribution in [0.2, 0.25) is 0 Å². The van der Waals surface area contributed by atoms with Crippen LogP contribution in [0.25, 0.3) is 33.5 Å². The van der Waals surface area contributed by atoms with Crippen LogP contribution in [0.15, 0.2) is 75.0 Å². The Labute approximate surface area is 239 Å². The van der Waals surface area contributed by atoms with E-state index in [1.54, 1.807) is 38.6 Å². The van der Waals surface area contributed by atoms with Gasteiger partial charge in [0, 0.05) is 0 Å². The fourth-order valence-electron chi connectivity index (χ4n) is 4.08. The number of ether oxygens (including phenoxy) is 3. The fraction of sp³-hybridized carbons (Fsp3) is 0.233. The summed E-state index contributed by atoms with van der Waals surface area (Å²) in [7, 11) is 3.20. The number of hydrogen-bond acceptors (Lipinski definition) is 7. The van der Waals surface area contributed by atoms with E-state index in [1.165, 1.54) is 4.68 Å². The molecule has 3 aromatic carbocycles. The lowest BCUT2D eigenvalue weighted by Gasteiger charge is -2.21. The topological polar surface area (TPSA) is 88.1 Å². The first-order valence-corrected chi connectivity index (χ1v) is 13.4. The van der Waals surface area contributed by atoms with E-state index in [4.69, 9.17) is 23.6 Å². The van der Waals surface area contributed by atoms with Gasteiger partial charge < -0.3 is 18.6 Å². The third kappa shape index (κ3) is 5.49. The first-order valence-electron chi connectivity index (χ1n) is 12.3. The minimum absolute atomic E-state index is 0.00442. The van der Waals surface area contributed by atoms with Gasteiger partial charge in [0.25, 0.3) is 5.56 Å². The Hall–Kier alpha value is -3.86. The van der Waals surface area contributed by atoms with Crippen molar-refractivity contribution in [1.29, 1.82) is 0 Å². The predicted octanol–water partition coefficient (Wildman–Crippen LogP) is 6.74. The molecule has 0 amide bonds. The van der Waals surface area contributed by atoms with Crippen molar-refractivity contribution in [2.45, 2.75) is 20.8 Å². The number of benzene rings is 3. The number of aromatic nitrogens is 2. The van der Waals surface area contributed by atoms with Crippen LogP contribution in [0.3, 0.4) is 0 Å². The Bertz CT molecular complexity index is 1770. The summed E-state index contributed by atoms with van der Waals surface area (Å²) < 4.78 is 25.4. The number of nitrogens with zero attached hydrogens (tertiary/aromatic N) is 3. The highest BCUT2D eigenvalue weighted by Crippen LogP contribution is 2.35. The summed E-state index contributed by atoms with van der Waals surface area (Å²) in [5.74, 6) is 2.59. The summed E-state index contributed by atoms with van der Waals surface area (Å²) in [4.78, 5) is 18.4. The monoisotopic (exact) mass is 637 g/mol. The van der Waals surface area contributed by atoms with E-state index in [-0.39, 0.29) is 16.8 Å². The average Bonchev–Trinajstić information content (AvgIpc) is 3.35. The van der Waals surface area contributed by atoms with E-state index in [0.717, 1.165) is 14.5 Å². The summed E-state index contributed by atoms with van der Waals surface area (Å²) >= 11 is 2.22. The Morgan fingerprint density at radius 2 is 1.77 bits per heavy atom. The number of furan rings is 1. The van der Waals surface area contributed by atoms with Gasteiger partial charge in [0.15, 0.2) is 17.3 Å². The molecule has 9 heteroatoms. The summed E-state index contributed by atoms with van der Waals surface area (Å²) in [6, 6.07) is 18.3. The van der Waals surface area contributed by atoms with Gasteiger partial charge in [-0.3, -0.25) is 4.79 Å². The SMILES string of the molecule is COc1cc(C=Nn2c(-c3cc4c(OC)cccc4o3)nc3ccccc3c2=O)cc(I)c1OCC(C)(C)C. The fourth-order valence-corrected chi connectivity index (χ4v) is 4.86. The number of hydrogen-bond donors (Lipinski definition) is 0. The molecule has 0 N–H and O–H groups in total. The predicted molar refractivity (Wildman–Crippen MR) is 161 cm³/mol. The number of methoxy groups -OCH3 is 2. The highest BCUT2D eigenvalue weighted by atomic mass is 127. The maximum absolute atomic E-state index is 13.6. The van der Waals surface area contributed by atoms with Crippen molar-refractivity contribution in [2.24, 2.45) is 10.5 Å². The molecule has 0 bridgehead atoms. The zero-order chi connectivity index (χ0) is 27.7. The summed E-state index contributed by atoms with van der Waals surface area (Å²) in [5.41, 5.74) is 1.58. The minimum atomic E-state index is -0.314. The molecule has 0 atom stereocenters. The van der Waals surface area contributed by atoms with Gasteiger partial charge in [0.05, 0.1) is 46.9 Å². The van der Waals surface area contributed by atoms with E-state index in [2.05, 4.69) is 48.5 Å². The molecule has 5 rings (SSSR count). The average molecular weight is 637 g/mol. The Kier molecular flexibility index (Phi) is 7.35. The first-order chi connectivity index (χ1) is 18.7. The first kappa shape index (κ1) is 26.7. The van der Waals surface area contributed by atoms with Crippen molar-refractivity contribution in [3.63, 3.8) is 0 Å². The van der Waals surface area contributed by atoms with E-state index in [1.807, 2.05) is 42.5 Å². The largest absolute Gasteiger partial charge is 0.496 e. The van der Waals surface area contributed by atoms with E-state index in [0.29, 0.717) is 46.1 Å². The van der Waals surface area contributed by atoms with E-state index >= 15 is 0 Å². The van der Waals surface area contributed by atoms with Crippen molar-refractivity contribution >= 4 is 50.7 Å². The second-order valence-electron chi connectivity index (χ2n) is 10.2. The maximum Gasteiger partial charge on any atom is 0.282 e. The molecule has 5 aromatic rings. The lowest BCUT2D eigenvalue weighted by Crippen LogP contribution is -2.20. The van der Waals surface area contributed by atoms with Gasteiger partial charge in [-0.05, 0) is 76.0 Å². The zero-order valence-electron chi connectivity index (χ0n) is 22.3. The molecule has 0 radical (unpaired) electrons. The Balaban J connectivity index is 1.62. The second-order valence-corrected chi connectivity index (χ2v) is 11.3. The highest BCUT2D eigenvalue weighted by Gasteiger charge is 2.19. The van der Waals surface area contributed by atoms with Crippen LogP contribution >= 0.6 is 22.6 Å². The van der Waals surface area contributed by atoms with Crippen molar-refractivity contribution in [1.82, 2.24) is 9.66 Å². The summed E-state index contributed by atoms with van der Waals surface area (Å²) in [5, 5.41) is 5.80. The van der Waals surface area contributed by atoms with Crippen molar-refractivity contribution in [3.05, 3.63) is 80.2 Å². The quantitative estimate of drug-likeness (QED) is 0.145. The molecule has 0 saturated heterocycles. The smallest absolute Gasteiger partial charge is 0.282 e. The van der Waals surface area contributed by atoms with Gasteiger partial charge in [0.2, 0.25) is 5.82 Å². The van der Waals surface area contributed by atoms with Gasteiger partial charge in [-0.25, -0.2) is 4.98 Å². The van der Waals surface area contributed by atoms with Gasteiger partial charge in [-0.15, -0.1) is 0 Å². The molecular formula is C30H28IN3O5. The molecule has 0 spiro atoms. The molecule has 2 aromatic heterocycles.